The Hall–Kier alpha value is -3.54. The summed E-state index contributed by atoms with van der Waals surface area (Å²) in [5.41, 5.74) is 3.49. The van der Waals surface area contributed by atoms with E-state index in [0.717, 1.165) is 27.8 Å². The molecule has 6 nitrogen and oxygen atoms in total. The number of H-pyrrole nitrogens is 1. The fourth-order valence-electron chi connectivity index (χ4n) is 3.09. The van der Waals surface area contributed by atoms with Gasteiger partial charge in [0.15, 0.2) is 0 Å². The number of fused-ring (bicyclic) bond motifs is 1. The minimum atomic E-state index is -0.153. The molecular formula is C22H22N4O2. The lowest BCUT2D eigenvalue weighted by Crippen LogP contribution is -2.26. The summed E-state index contributed by atoms with van der Waals surface area (Å²) in [7, 11) is 1.85. The Kier molecular flexibility index (Phi) is 4.85. The molecule has 1 amide bonds. The molecular weight excluding hydrogens is 352 g/mol. The van der Waals surface area contributed by atoms with Crippen LogP contribution in [0.3, 0.4) is 0 Å². The predicted molar refractivity (Wildman–Crippen MR) is 108 cm³/mol. The molecule has 0 bridgehead atoms. The zero-order valence-corrected chi connectivity index (χ0v) is 15.8. The molecule has 0 fully saturated rings. The smallest absolute Gasteiger partial charge is 0.268 e. The number of hydrogen-bond acceptors (Lipinski definition) is 3. The second-order valence-electron chi connectivity index (χ2n) is 6.85. The number of nitrogens with zero attached hydrogens (tertiary/aromatic N) is 2. The van der Waals surface area contributed by atoms with Gasteiger partial charge in [0.1, 0.15) is 18.1 Å². The van der Waals surface area contributed by atoms with Crippen molar-refractivity contribution in [1.29, 1.82) is 0 Å². The summed E-state index contributed by atoms with van der Waals surface area (Å²) in [5, 5.41) is 8.07. The molecule has 2 aromatic heterocycles. The van der Waals surface area contributed by atoms with E-state index in [4.69, 9.17) is 4.74 Å². The highest BCUT2D eigenvalue weighted by Crippen LogP contribution is 2.23. The topological polar surface area (TPSA) is 71.9 Å². The molecule has 0 aliphatic carbocycles. The van der Waals surface area contributed by atoms with Gasteiger partial charge in [0.05, 0.1) is 12.2 Å². The third kappa shape index (κ3) is 3.91. The molecule has 0 aliphatic rings. The van der Waals surface area contributed by atoms with Crippen molar-refractivity contribution in [1.82, 2.24) is 20.1 Å². The predicted octanol–water partition coefficient (Wildman–Crippen LogP) is 3.97. The van der Waals surface area contributed by atoms with Gasteiger partial charge in [0, 0.05) is 29.7 Å². The Balaban J connectivity index is 1.45. The number of benzene rings is 2. The summed E-state index contributed by atoms with van der Waals surface area (Å²) in [6.07, 6.45) is 3.65. The van der Waals surface area contributed by atoms with Crippen LogP contribution < -0.4 is 10.1 Å². The van der Waals surface area contributed by atoms with Gasteiger partial charge in [-0.2, -0.15) is 5.10 Å². The maximum Gasteiger partial charge on any atom is 0.268 e. The van der Waals surface area contributed by atoms with Gasteiger partial charge in [-0.15, -0.1) is 0 Å². The van der Waals surface area contributed by atoms with Crippen LogP contribution in [0.2, 0.25) is 0 Å². The number of carbonyl (C=O) groups excluding carboxylic acids is 1. The van der Waals surface area contributed by atoms with Crippen molar-refractivity contribution < 1.29 is 9.53 Å². The Morgan fingerprint density at radius 3 is 2.79 bits per heavy atom. The summed E-state index contributed by atoms with van der Waals surface area (Å²) in [4.78, 5) is 15.8. The summed E-state index contributed by atoms with van der Waals surface area (Å²) >= 11 is 0. The Bertz CT molecular complexity index is 1100. The lowest BCUT2D eigenvalue weighted by atomic mass is 10.2. The number of aromatic nitrogens is 3. The molecule has 6 heteroatoms. The van der Waals surface area contributed by atoms with Crippen molar-refractivity contribution in [3.05, 3.63) is 83.8 Å². The first-order chi connectivity index (χ1) is 13.6. The SMILES string of the molecule is CC(NC(=O)c1cc2cc(OCc3ccccc3)ccc2[nH]1)c1cnn(C)c1. The average Bonchev–Trinajstić information content (AvgIpc) is 3.33. The second-order valence-corrected chi connectivity index (χ2v) is 6.85. The van der Waals surface area contributed by atoms with Crippen LogP contribution in [0.1, 0.15) is 34.6 Å². The maximum atomic E-state index is 12.6. The van der Waals surface area contributed by atoms with E-state index in [1.807, 2.05) is 74.8 Å². The molecule has 0 spiro atoms. The van der Waals surface area contributed by atoms with Gasteiger partial charge in [-0.05, 0) is 36.8 Å². The van der Waals surface area contributed by atoms with Gasteiger partial charge < -0.3 is 15.0 Å². The van der Waals surface area contributed by atoms with Crippen LogP contribution in [-0.4, -0.2) is 20.7 Å². The molecule has 4 aromatic rings. The first-order valence-corrected chi connectivity index (χ1v) is 9.17. The summed E-state index contributed by atoms with van der Waals surface area (Å²) < 4.78 is 7.59. The number of aryl methyl sites for hydroxylation is 1. The average molecular weight is 374 g/mol. The van der Waals surface area contributed by atoms with Crippen LogP contribution >= 0.6 is 0 Å². The highest BCUT2D eigenvalue weighted by molar-refractivity contribution is 5.98. The zero-order chi connectivity index (χ0) is 19.5. The molecule has 1 unspecified atom stereocenters. The number of rotatable bonds is 6. The summed E-state index contributed by atoms with van der Waals surface area (Å²) in [6.45, 7) is 2.44. The van der Waals surface area contributed by atoms with Crippen LogP contribution in [-0.2, 0) is 13.7 Å². The molecule has 0 radical (unpaired) electrons. The normalized spacial score (nSPS) is 12.1. The van der Waals surface area contributed by atoms with Gasteiger partial charge in [-0.1, -0.05) is 30.3 Å². The monoisotopic (exact) mass is 374 g/mol. The van der Waals surface area contributed by atoms with Gasteiger partial charge in [0.25, 0.3) is 5.91 Å². The molecule has 4 rings (SSSR count). The Morgan fingerprint density at radius 2 is 2.04 bits per heavy atom. The highest BCUT2D eigenvalue weighted by Gasteiger charge is 2.15. The zero-order valence-electron chi connectivity index (χ0n) is 15.8. The fourth-order valence-corrected chi connectivity index (χ4v) is 3.09. The standard InChI is InChI=1S/C22H22N4O2/c1-15(18-12-23-26(2)13-18)24-22(27)21-11-17-10-19(8-9-20(17)25-21)28-14-16-6-4-3-5-7-16/h3-13,15,25H,14H2,1-2H3,(H,24,27). The number of hydrogen-bond donors (Lipinski definition) is 2. The number of aromatic amines is 1. The van der Waals surface area contributed by atoms with E-state index in [9.17, 15) is 4.79 Å². The third-order valence-corrected chi connectivity index (χ3v) is 4.66. The molecule has 142 valence electrons. The fraction of sp³-hybridized carbons (Fsp3) is 0.182. The lowest BCUT2D eigenvalue weighted by molar-refractivity contribution is 0.0935. The van der Waals surface area contributed by atoms with E-state index in [1.165, 1.54) is 0 Å². The van der Waals surface area contributed by atoms with E-state index in [2.05, 4.69) is 15.4 Å². The minimum absolute atomic E-state index is 0.127. The third-order valence-electron chi connectivity index (χ3n) is 4.66. The number of carbonyl (C=O) groups is 1. The van der Waals surface area contributed by atoms with E-state index < -0.39 is 0 Å². The molecule has 2 heterocycles. The van der Waals surface area contributed by atoms with Gasteiger partial charge in [-0.25, -0.2) is 0 Å². The first kappa shape index (κ1) is 17.9. The molecule has 0 saturated carbocycles. The Morgan fingerprint density at radius 1 is 1.21 bits per heavy atom. The molecule has 2 aromatic carbocycles. The van der Waals surface area contributed by atoms with Gasteiger partial charge in [0.2, 0.25) is 0 Å². The molecule has 28 heavy (non-hydrogen) atoms. The van der Waals surface area contributed by atoms with Gasteiger partial charge >= 0.3 is 0 Å². The Labute approximate surface area is 163 Å². The second kappa shape index (κ2) is 7.60. The largest absolute Gasteiger partial charge is 0.489 e. The molecule has 0 aliphatic heterocycles. The minimum Gasteiger partial charge on any atom is -0.489 e. The van der Waals surface area contributed by atoms with E-state index in [0.29, 0.717) is 12.3 Å². The van der Waals surface area contributed by atoms with Gasteiger partial charge in [-0.3, -0.25) is 9.48 Å². The summed E-state index contributed by atoms with van der Waals surface area (Å²) in [5.74, 6) is 0.616. The van der Waals surface area contributed by atoms with Crippen molar-refractivity contribution in [2.45, 2.75) is 19.6 Å². The van der Waals surface area contributed by atoms with E-state index in [1.54, 1.807) is 10.9 Å². The van der Waals surface area contributed by atoms with Crippen LogP contribution in [0.4, 0.5) is 0 Å². The van der Waals surface area contributed by atoms with Crippen molar-refractivity contribution in [3.63, 3.8) is 0 Å². The number of nitrogens with one attached hydrogen (secondary N) is 2. The first-order valence-electron chi connectivity index (χ1n) is 9.17. The van der Waals surface area contributed by atoms with Crippen molar-refractivity contribution >= 4 is 16.8 Å². The molecule has 2 N–H and O–H groups in total. The maximum absolute atomic E-state index is 12.6. The van der Waals surface area contributed by atoms with Crippen LogP contribution in [0, 0.1) is 0 Å². The quantitative estimate of drug-likeness (QED) is 0.536. The highest BCUT2D eigenvalue weighted by atomic mass is 16.5. The van der Waals surface area contributed by atoms with E-state index in [-0.39, 0.29) is 11.9 Å². The number of amides is 1. The lowest BCUT2D eigenvalue weighted by Gasteiger charge is -2.10. The van der Waals surface area contributed by atoms with Crippen molar-refractivity contribution in [2.75, 3.05) is 0 Å². The summed E-state index contributed by atoms with van der Waals surface area (Å²) in [6, 6.07) is 17.5. The van der Waals surface area contributed by atoms with Crippen molar-refractivity contribution in [3.8, 4) is 5.75 Å². The molecule has 0 saturated heterocycles. The van der Waals surface area contributed by atoms with Crippen LogP contribution in [0.5, 0.6) is 5.75 Å². The van der Waals surface area contributed by atoms with Crippen molar-refractivity contribution in [2.24, 2.45) is 7.05 Å². The number of ether oxygens (including phenoxy) is 1. The van der Waals surface area contributed by atoms with Crippen LogP contribution in [0.25, 0.3) is 10.9 Å². The van der Waals surface area contributed by atoms with E-state index >= 15 is 0 Å². The molecule has 1 atom stereocenters. The van der Waals surface area contributed by atoms with Crippen LogP contribution in [0.15, 0.2) is 67.0 Å².